The summed E-state index contributed by atoms with van der Waals surface area (Å²) < 4.78 is 16.5. The van der Waals surface area contributed by atoms with Gasteiger partial charge in [0.25, 0.3) is 0 Å². The van der Waals surface area contributed by atoms with Crippen LogP contribution in [0.5, 0.6) is 5.75 Å². The molecule has 0 spiro atoms. The van der Waals surface area contributed by atoms with Gasteiger partial charge in [-0.15, -0.1) is 0 Å². The summed E-state index contributed by atoms with van der Waals surface area (Å²) in [6.45, 7) is 4.13. The van der Waals surface area contributed by atoms with Crippen molar-refractivity contribution in [3.8, 4) is 5.75 Å². The summed E-state index contributed by atoms with van der Waals surface area (Å²) in [6, 6.07) is 17.6. The van der Waals surface area contributed by atoms with Crippen LogP contribution < -0.4 is 9.64 Å². The molecule has 0 amide bonds. The number of fused-ring (bicyclic) bond motifs is 1. The molecule has 1 saturated heterocycles. The zero-order chi connectivity index (χ0) is 20.2. The molecule has 0 bridgehead atoms. The summed E-state index contributed by atoms with van der Waals surface area (Å²) in [4.78, 5) is 19.0. The molecule has 0 saturated carbocycles. The van der Waals surface area contributed by atoms with Crippen LogP contribution in [-0.2, 0) is 16.1 Å². The summed E-state index contributed by atoms with van der Waals surface area (Å²) in [5, 5.41) is 0.943. The van der Waals surface area contributed by atoms with E-state index in [1.807, 2.05) is 48.5 Å². The third-order valence-corrected chi connectivity index (χ3v) is 5.01. The van der Waals surface area contributed by atoms with Gasteiger partial charge in [0.1, 0.15) is 12.4 Å². The molecule has 1 aliphatic heterocycles. The zero-order valence-electron chi connectivity index (χ0n) is 16.6. The van der Waals surface area contributed by atoms with E-state index >= 15 is 0 Å². The summed E-state index contributed by atoms with van der Waals surface area (Å²) in [5.41, 5.74) is 3.09. The molecular formula is C23H24N2O4. The maximum atomic E-state index is 12.3. The first-order valence-electron chi connectivity index (χ1n) is 9.74. The molecule has 6 nitrogen and oxygen atoms in total. The highest BCUT2D eigenvalue weighted by Gasteiger charge is 2.29. The second kappa shape index (κ2) is 8.49. The van der Waals surface area contributed by atoms with Crippen molar-refractivity contribution in [1.82, 2.24) is 4.98 Å². The molecule has 1 aliphatic rings. The predicted octanol–water partition coefficient (Wildman–Crippen LogP) is 3.83. The van der Waals surface area contributed by atoms with Crippen molar-refractivity contribution in [2.75, 3.05) is 31.7 Å². The summed E-state index contributed by atoms with van der Waals surface area (Å²) in [7, 11) is 1.71. The van der Waals surface area contributed by atoms with Gasteiger partial charge in [0.15, 0.2) is 5.69 Å². The SMILES string of the molecule is CCOC(=O)c1cc(N2CC(OC)C2)c2cc(OCc3ccccc3)ccc2n1. The average Bonchev–Trinajstić information content (AvgIpc) is 2.72. The lowest BCUT2D eigenvalue weighted by Crippen LogP contribution is -2.52. The Balaban J connectivity index is 1.66. The third-order valence-electron chi connectivity index (χ3n) is 5.01. The molecule has 2 aromatic carbocycles. The van der Waals surface area contributed by atoms with Crippen LogP contribution in [0.1, 0.15) is 23.0 Å². The molecule has 6 heteroatoms. The van der Waals surface area contributed by atoms with Gasteiger partial charge in [0.05, 0.1) is 18.2 Å². The number of hydrogen-bond acceptors (Lipinski definition) is 6. The van der Waals surface area contributed by atoms with Gasteiger partial charge in [-0.1, -0.05) is 30.3 Å². The quantitative estimate of drug-likeness (QED) is 0.570. The molecule has 150 valence electrons. The van der Waals surface area contributed by atoms with Gasteiger partial charge in [-0.3, -0.25) is 0 Å². The van der Waals surface area contributed by atoms with E-state index in [2.05, 4.69) is 9.88 Å². The molecule has 0 atom stereocenters. The lowest BCUT2D eigenvalue weighted by atomic mass is 10.1. The standard InChI is InChI=1S/C23H24N2O4/c1-3-28-23(26)21-12-22(25-13-18(14-25)27-2)19-11-17(9-10-20(19)24-21)29-15-16-7-5-4-6-8-16/h4-12,18H,3,13-15H2,1-2H3. The first kappa shape index (κ1) is 19.2. The number of carbonyl (C=O) groups is 1. The van der Waals surface area contributed by atoms with Crippen LogP contribution >= 0.6 is 0 Å². The minimum atomic E-state index is -0.413. The molecule has 0 unspecified atom stereocenters. The van der Waals surface area contributed by atoms with Gasteiger partial charge in [0.2, 0.25) is 0 Å². The number of benzene rings is 2. The number of carbonyl (C=O) groups excluding carboxylic acids is 1. The van der Waals surface area contributed by atoms with E-state index in [9.17, 15) is 4.79 Å². The molecule has 0 aliphatic carbocycles. The van der Waals surface area contributed by atoms with E-state index in [1.54, 1.807) is 20.1 Å². The molecule has 0 radical (unpaired) electrons. The number of methoxy groups -OCH3 is 1. The Morgan fingerprint density at radius 1 is 1.14 bits per heavy atom. The number of ether oxygens (including phenoxy) is 3. The Morgan fingerprint density at radius 3 is 2.66 bits per heavy atom. The maximum Gasteiger partial charge on any atom is 0.357 e. The van der Waals surface area contributed by atoms with Gasteiger partial charge in [-0.25, -0.2) is 9.78 Å². The van der Waals surface area contributed by atoms with Crippen LogP contribution in [0.4, 0.5) is 5.69 Å². The Labute approximate surface area is 170 Å². The third kappa shape index (κ3) is 4.17. The van der Waals surface area contributed by atoms with Crippen molar-refractivity contribution in [1.29, 1.82) is 0 Å². The van der Waals surface area contributed by atoms with Crippen LogP contribution in [0.15, 0.2) is 54.6 Å². The first-order valence-corrected chi connectivity index (χ1v) is 9.74. The lowest BCUT2D eigenvalue weighted by Gasteiger charge is -2.40. The van der Waals surface area contributed by atoms with E-state index in [1.165, 1.54) is 0 Å². The molecule has 4 rings (SSSR count). The van der Waals surface area contributed by atoms with Gasteiger partial charge >= 0.3 is 5.97 Å². The molecule has 29 heavy (non-hydrogen) atoms. The smallest absolute Gasteiger partial charge is 0.357 e. The van der Waals surface area contributed by atoms with Crippen LogP contribution in [0.2, 0.25) is 0 Å². The highest BCUT2D eigenvalue weighted by Crippen LogP contribution is 2.33. The molecule has 1 fully saturated rings. The van der Waals surface area contributed by atoms with Crippen molar-refractivity contribution < 1.29 is 19.0 Å². The highest BCUT2D eigenvalue weighted by atomic mass is 16.5. The van der Waals surface area contributed by atoms with Gasteiger partial charge < -0.3 is 19.1 Å². The molecular weight excluding hydrogens is 368 g/mol. The molecule has 0 N–H and O–H groups in total. The summed E-state index contributed by atoms with van der Waals surface area (Å²) >= 11 is 0. The van der Waals surface area contributed by atoms with Crippen LogP contribution in [0.3, 0.4) is 0 Å². The van der Waals surface area contributed by atoms with E-state index in [4.69, 9.17) is 14.2 Å². The zero-order valence-corrected chi connectivity index (χ0v) is 16.6. The average molecular weight is 392 g/mol. The maximum absolute atomic E-state index is 12.3. The number of aromatic nitrogens is 1. The second-order valence-corrected chi connectivity index (χ2v) is 6.96. The topological polar surface area (TPSA) is 60.9 Å². The van der Waals surface area contributed by atoms with Crippen molar-refractivity contribution >= 4 is 22.6 Å². The molecule has 1 aromatic heterocycles. The normalized spacial score (nSPS) is 13.9. The van der Waals surface area contributed by atoms with Gasteiger partial charge in [0, 0.05) is 31.3 Å². The van der Waals surface area contributed by atoms with Crippen molar-refractivity contribution in [2.24, 2.45) is 0 Å². The first-order chi connectivity index (χ1) is 14.2. The Hall–Kier alpha value is -3.12. The van der Waals surface area contributed by atoms with E-state index in [0.29, 0.717) is 18.9 Å². The van der Waals surface area contributed by atoms with Crippen LogP contribution in [0, 0.1) is 0 Å². The van der Waals surface area contributed by atoms with E-state index in [0.717, 1.165) is 41.0 Å². The Morgan fingerprint density at radius 2 is 1.93 bits per heavy atom. The highest BCUT2D eigenvalue weighted by molar-refractivity contribution is 5.98. The fourth-order valence-electron chi connectivity index (χ4n) is 3.37. The summed E-state index contributed by atoms with van der Waals surface area (Å²) in [5.74, 6) is 0.348. The number of esters is 1. The second-order valence-electron chi connectivity index (χ2n) is 6.96. The van der Waals surface area contributed by atoms with E-state index < -0.39 is 5.97 Å². The van der Waals surface area contributed by atoms with Crippen LogP contribution in [0.25, 0.3) is 10.9 Å². The van der Waals surface area contributed by atoms with Crippen molar-refractivity contribution in [3.05, 3.63) is 65.9 Å². The number of anilines is 1. The Kier molecular flexibility index (Phi) is 5.62. The number of rotatable bonds is 7. The van der Waals surface area contributed by atoms with Crippen molar-refractivity contribution in [3.63, 3.8) is 0 Å². The van der Waals surface area contributed by atoms with Gasteiger partial charge in [-0.2, -0.15) is 0 Å². The lowest BCUT2D eigenvalue weighted by molar-refractivity contribution is 0.0520. The number of nitrogens with zero attached hydrogens (tertiary/aromatic N) is 2. The molecule has 2 heterocycles. The minimum Gasteiger partial charge on any atom is -0.489 e. The predicted molar refractivity (Wildman–Crippen MR) is 111 cm³/mol. The molecule has 3 aromatic rings. The fraction of sp³-hybridized carbons (Fsp3) is 0.304. The fourth-order valence-corrected chi connectivity index (χ4v) is 3.37. The number of hydrogen-bond donors (Lipinski definition) is 0. The van der Waals surface area contributed by atoms with E-state index in [-0.39, 0.29) is 6.10 Å². The Bertz CT molecular complexity index is 1000. The summed E-state index contributed by atoms with van der Waals surface area (Å²) in [6.07, 6.45) is 0.196. The monoisotopic (exact) mass is 392 g/mol. The van der Waals surface area contributed by atoms with Crippen molar-refractivity contribution in [2.45, 2.75) is 19.6 Å². The minimum absolute atomic E-state index is 0.196. The number of pyridine rings is 1. The van der Waals surface area contributed by atoms with Crippen LogP contribution in [-0.4, -0.2) is 43.9 Å². The largest absolute Gasteiger partial charge is 0.489 e. The van der Waals surface area contributed by atoms with Gasteiger partial charge in [-0.05, 0) is 36.8 Å².